The van der Waals surface area contributed by atoms with E-state index in [-0.39, 0.29) is 5.54 Å². The Kier molecular flexibility index (Phi) is 4.69. The van der Waals surface area contributed by atoms with Crippen LogP contribution in [0.1, 0.15) is 31.9 Å². The van der Waals surface area contributed by atoms with Gasteiger partial charge in [-0.2, -0.15) is 0 Å². The summed E-state index contributed by atoms with van der Waals surface area (Å²) in [6.07, 6.45) is 0. The van der Waals surface area contributed by atoms with Crippen molar-refractivity contribution in [3.05, 3.63) is 59.7 Å². The van der Waals surface area contributed by atoms with Crippen LogP contribution in [0.4, 0.5) is 11.4 Å². The highest BCUT2D eigenvalue weighted by Gasteiger charge is 2.13. The van der Waals surface area contributed by atoms with E-state index in [4.69, 9.17) is 0 Å². The summed E-state index contributed by atoms with van der Waals surface area (Å²) in [5.74, 6) is 0. The first kappa shape index (κ1) is 15.6. The van der Waals surface area contributed by atoms with Crippen molar-refractivity contribution in [2.75, 3.05) is 11.9 Å². The summed E-state index contributed by atoms with van der Waals surface area (Å²) in [5, 5.41) is 3.59. The van der Waals surface area contributed by atoms with Crippen molar-refractivity contribution in [1.29, 1.82) is 0 Å². The van der Waals surface area contributed by atoms with Gasteiger partial charge in [-0.25, -0.2) is 0 Å². The van der Waals surface area contributed by atoms with Crippen molar-refractivity contribution in [1.82, 2.24) is 5.32 Å². The van der Waals surface area contributed by atoms with Gasteiger partial charge in [0.2, 0.25) is 0 Å². The molecule has 0 atom stereocenters. The quantitative estimate of drug-likeness (QED) is 0.878. The first-order valence-corrected chi connectivity index (χ1v) is 7.50. The third kappa shape index (κ3) is 4.33. The molecule has 2 aromatic rings. The number of benzene rings is 2. The van der Waals surface area contributed by atoms with Gasteiger partial charge in [-0.3, -0.25) is 0 Å². The van der Waals surface area contributed by atoms with E-state index in [1.54, 1.807) is 0 Å². The summed E-state index contributed by atoms with van der Waals surface area (Å²) in [5.41, 5.74) is 5.20. The maximum absolute atomic E-state index is 3.59. The first-order chi connectivity index (χ1) is 9.87. The number of aryl methyl sites for hydroxylation is 1. The molecule has 2 nitrogen and oxygen atoms in total. The minimum Gasteiger partial charge on any atom is -0.344 e. The number of hydrogen-bond donors (Lipinski definition) is 1. The van der Waals surface area contributed by atoms with Crippen molar-refractivity contribution < 1.29 is 0 Å². The fraction of sp³-hybridized carbons (Fsp3) is 0.368. The number of rotatable bonds is 4. The van der Waals surface area contributed by atoms with Crippen molar-refractivity contribution in [2.45, 2.75) is 39.8 Å². The topological polar surface area (TPSA) is 15.3 Å². The van der Waals surface area contributed by atoms with Crippen LogP contribution in [0.3, 0.4) is 0 Å². The lowest BCUT2D eigenvalue weighted by atomic mass is 10.0. The average molecular weight is 282 g/mol. The summed E-state index contributed by atoms with van der Waals surface area (Å²) < 4.78 is 0. The molecule has 0 aliphatic heterocycles. The number of anilines is 2. The van der Waals surface area contributed by atoms with Gasteiger partial charge in [0.25, 0.3) is 0 Å². The SMILES string of the molecule is Cc1ccc(N(C)c2ccccc2)c(CNC(C)(C)C)c1. The van der Waals surface area contributed by atoms with Crippen LogP contribution in [0, 0.1) is 6.92 Å². The molecule has 112 valence electrons. The van der Waals surface area contributed by atoms with E-state index < -0.39 is 0 Å². The predicted molar refractivity (Wildman–Crippen MR) is 92.3 cm³/mol. The van der Waals surface area contributed by atoms with Crippen molar-refractivity contribution in [2.24, 2.45) is 0 Å². The summed E-state index contributed by atoms with van der Waals surface area (Å²) in [6.45, 7) is 9.61. The van der Waals surface area contributed by atoms with E-state index in [1.165, 1.54) is 22.5 Å². The van der Waals surface area contributed by atoms with Crippen LogP contribution < -0.4 is 10.2 Å². The molecule has 0 unspecified atom stereocenters. The van der Waals surface area contributed by atoms with Gasteiger partial charge in [0.05, 0.1) is 0 Å². The number of para-hydroxylation sites is 1. The smallest absolute Gasteiger partial charge is 0.0453 e. The second-order valence-corrected chi connectivity index (χ2v) is 6.63. The third-order valence-corrected chi connectivity index (χ3v) is 3.55. The average Bonchev–Trinajstić information content (AvgIpc) is 2.45. The van der Waals surface area contributed by atoms with Crippen LogP contribution in [0.25, 0.3) is 0 Å². The second kappa shape index (κ2) is 6.31. The van der Waals surface area contributed by atoms with Crippen LogP contribution in [-0.4, -0.2) is 12.6 Å². The van der Waals surface area contributed by atoms with Gasteiger partial charge in [0, 0.05) is 30.5 Å². The highest BCUT2D eigenvalue weighted by molar-refractivity contribution is 5.66. The third-order valence-electron chi connectivity index (χ3n) is 3.55. The molecule has 2 heteroatoms. The maximum Gasteiger partial charge on any atom is 0.0453 e. The fourth-order valence-electron chi connectivity index (χ4n) is 2.33. The standard InChI is InChI=1S/C19H26N2/c1-15-11-12-18(16(13-15)14-20-19(2,3)4)21(5)17-9-7-6-8-10-17/h6-13,20H,14H2,1-5H3. The van der Waals surface area contributed by atoms with Crippen LogP contribution in [0.15, 0.2) is 48.5 Å². The Balaban J connectivity index is 2.30. The van der Waals surface area contributed by atoms with Crippen LogP contribution in [0.2, 0.25) is 0 Å². The molecule has 0 amide bonds. The lowest BCUT2D eigenvalue weighted by molar-refractivity contribution is 0.424. The molecule has 0 spiro atoms. The van der Waals surface area contributed by atoms with E-state index in [0.29, 0.717) is 0 Å². The van der Waals surface area contributed by atoms with E-state index in [9.17, 15) is 0 Å². The van der Waals surface area contributed by atoms with Gasteiger partial charge in [-0.15, -0.1) is 0 Å². The zero-order valence-electron chi connectivity index (χ0n) is 13.8. The summed E-state index contributed by atoms with van der Waals surface area (Å²) in [6, 6.07) is 17.1. The summed E-state index contributed by atoms with van der Waals surface area (Å²) in [7, 11) is 2.13. The molecule has 0 bridgehead atoms. The van der Waals surface area contributed by atoms with E-state index in [1.807, 2.05) is 0 Å². The Morgan fingerprint density at radius 3 is 2.29 bits per heavy atom. The van der Waals surface area contributed by atoms with Crippen molar-refractivity contribution in [3.8, 4) is 0 Å². The molecule has 0 aliphatic rings. The molecule has 0 heterocycles. The first-order valence-electron chi connectivity index (χ1n) is 7.50. The molecule has 0 saturated heterocycles. The highest BCUT2D eigenvalue weighted by atomic mass is 15.1. The molecule has 21 heavy (non-hydrogen) atoms. The second-order valence-electron chi connectivity index (χ2n) is 6.63. The van der Waals surface area contributed by atoms with E-state index in [0.717, 1.165) is 6.54 Å². The predicted octanol–water partition coefficient (Wildman–Crippen LogP) is 4.65. The Bertz CT molecular complexity index is 582. The number of hydrogen-bond acceptors (Lipinski definition) is 2. The molecule has 0 aromatic heterocycles. The number of nitrogens with zero attached hydrogens (tertiary/aromatic N) is 1. The van der Waals surface area contributed by atoms with Crippen molar-refractivity contribution >= 4 is 11.4 Å². The highest BCUT2D eigenvalue weighted by Crippen LogP contribution is 2.28. The van der Waals surface area contributed by atoms with Crippen LogP contribution in [0.5, 0.6) is 0 Å². The molecule has 0 saturated carbocycles. The Morgan fingerprint density at radius 2 is 1.67 bits per heavy atom. The molecule has 2 rings (SSSR count). The van der Waals surface area contributed by atoms with Gasteiger partial charge in [0.1, 0.15) is 0 Å². The minimum atomic E-state index is 0.117. The Morgan fingerprint density at radius 1 is 1.00 bits per heavy atom. The monoisotopic (exact) mass is 282 g/mol. The molecule has 0 aliphatic carbocycles. The van der Waals surface area contributed by atoms with Crippen LogP contribution in [-0.2, 0) is 6.54 Å². The lowest BCUT2D eigenvalue weighted by Gasteiger charge is -2.26. The zero-order valence-corrected chi connectivity index (χ0v) is 13.8. The van der Waals surface area contributed by atoms with Gasteiger partial charge < -0.3 is 10.2 Å². The summed E-state index contributed by atoms with van der Waals surface area (Å²) >= 11 is 0. The maximum atomic E-state index is 3.59. The van der Waals surface area contributed by atoms with E-state index >= 15 is 0 Å². The molecular weight excluding hydrogens is 256 g/mol. The minimum absolute atomic E-state index is 0.117. The Labute approximate surface area is 128 Å². The molecule has 1 N–H and O–H groups in total. The van der Waals surface area contributed by atoms with Crippen LogP contribution >= 0.6 is 0 Å². The molecule has 0 fully saturated rings. The Hall–Kier alpha value is -1.80. The fourth-order valence-corrected chi connectivity index (χ4v) is 2.33. The van der Waals surface area contributed by atoms with Gasteiger partial charge >= 0.3 is 0 Å². The molecule has 2 aromatic carbocycles. The zero-order chi connectivity index (χ0) is 15.5. The van der Waals surface area contributed by atoms with Crippen molar-refractivity contribution in [3.63, 3.8) is 0 Å². The van der Waals surface area contributed by atoms with E-state index in [2.05, 4.69) is 93.5 Å². The summed E-state index contributed by atoms with van der Waals surface area (Å²) in [4.78, 5) is 2.25. The molecule has 0 radical (unpaired) electrons. The normalized spacial score (nSPS) is 11.5. The lowest BCUT2D eigenvalue weighted by Crippen LogP contribution is -2.35. The molecular formula is C19H26N2. The van der Waals surface area contributed by atoms with Gasteiger partial charge in [-0.05, 0) is 51.5 Å². The van der Waals surface area contributed by atoms with Gasteiger partial charge in [-0.1, -0.05) is 35.9 Å². The number of nitrogens with one attached hydrogen (secondary N) is 1. The largest absolute Gasteiger partial charge is 0.344 e. The van der Waals surface area contributed by atoms with Gasteiger partial charge in [0.15, 0.2) is 0 Å².